The molecule has 0 aliphatic rings. The van der Waals surface area contributed by atoms with Crippen LogP contribution in [-0.4, -0.2) is 35.7 Å². The Hall–Kier alpha value is -0.870. The summed E-state index contributed by atoms with van der Waals surface area (Å²) in [4.78, 5) is 11.4. The molecule has 4 heteroatoms. The van der Waals surface area contributed by atoms with E-state index in [-0.39, 0.29) is 18.6 Å². The number of carbonyl (C=O) groups is 1. The Bertz CT molecular complexity index is 202. The van der Waals surface area contributed by atoms with E-state index in [9.17, 15) is 4.79 Å². The summed E-state index contributed by atoms with van der Waals surface area (Å²) in [6.45, 7) is 9.40. The molecule has 0 radical (unpaired) electrons. The van der Waals surface area contributed by atoms with E-state index in [4.69, 9.17) is 5.11 Å². The first-order chi connectivity index (χ1) is 6.43. The van der Waals surface area contributed by atoms with Crippen LogP contribution in [0.3, 0.4) is 0 Å². The van der Waals surface area contributed by atoms with Gasteiger partial charge in [-0.25, -0.2) is 0 Å². The van der Waals surface area contributed by atoms with Crippen LogP contribution in [0.1, 0.15) is 20.8 Å². The number of hydrogen-bond donors (Lipinski definition) is 3. The molecule has 0 heterocycles. The minimum Gasteiger partial charge on any atom is -0.394 e. The van der Waals surface area contributed by atoms with Gasteiger partial charge in [-0.2, -0.15) is 0 Å². The molecule has 82 valence electrons. The zero-order chi connectivity index (χ0) is 11.2. The number of hydrogen-bond acceptors (Lipinski definition) is 3. The topological polar surface area (TPSA) is 61.4 Å². The number of amides is 1. The van der Waals surface area contributed by atoms with Crippen molar-refractivity contribution in [1.82, 2.24) is 10.6 Å². The van der Waals surface area contributed by atoms with Crippen LogP contribution < -0.4 is 10.6 Å². The van der Waals surface area contributed by atoms with Gasteiger partial charge >= 0.3 is 0 Å². The maximum atomic E-state index is 11.4. The van der Waals surface area contributed by atoms with Crippen LogP contribution in [0.15, 0.2) is 12.7 Å². The fourth-order valence-electron chi connectivity index (χ4n) is 1.02. The molecule has 0 aliphatic carbocycles. The highest BCUT2D eigenvalue weighted by Crippen LogP contribution is 2.01. The van der Waals surface area contributed by atoms with E-state index in [1.807, 2.05) is 13.8 Å². The summed E-state index contributed by atoms with van der Waals surface area (Å²) in [7, 11) is 0. The maximum absolute atomic E-state index is 11.4. The first kappa shape index (κ1) is 13.1. The van der Waals surface area contributed by atoms with Gasteiger partial charge in [-0.1, -0.05) is 6.08 Å². The number of aliphatic hydroxyl groups is 1. The van der Waals surface area contributed by atoms with Gasteiger partial charge in [0.25, 0.3) is 0 Å². The lowest BCUT2D eigenvalue weighted by molar-refractivity contribution is -0.123. The zero-order valence-corrected chi connectivity index (χ0v) is 9.13. The highest BCUT2D eigenvalue weighted by Gasteiger charge is 2.22. The molecule has 3 N–H and O–H groups in total. The predicted molar refractivity (Wildman–Crippen MR) is 57.0 cm³/mol. The average molecular weight is 200 g/mol. The van der Waals surface area contributed by atoms with Crippen molar-refractivity contribution in [3.63, 3.8) is 0 Å². The number of aliphatic hydroxyl groups excluding tert-OH is 1. The second-order valence-corrected chi connectivity index (χ2v) is 3.94. The van der Waals surface area contributed by atoms with Crippen LogP contribution in [0.2, 0.25) is 0 Å². The monoisotopic (exact) mass is 200 g/mol. The first-order valence-corrected chi connectivity index (χ1v) is 4.70. The van der Waals surface area contributed by atoms with Crippen molar-refractivity contribution in [2.75, 3.05) is 13.2 Å². The minimum atomic E-state index is -0.440. The summed E-state index contributed by atoms with van der Waals surface area (Å²) >= 11 is 0. The Morgan fingerprint density at radius 2 is 2.21 bits per heavy atom. The lowest BCUT2D eigenvalue weighted by atomic mass is 10.1. The van der Waals surface area contributed by atoms with Crippen LogP contribution >= 0.6 is 0 Å². The molecule has 0 aromatic rings. The van der Waals surface area contributed by atoms with E-state index in [1.165, 1.54) is 0 Å². The normalized spacial score (nSPS) is 13.4. The molecule has 0 aliphatic heterocycles. The van der Waals surface area contributed by atoms with Crippen molar-refractivity contribution in [3.8, 4) is 0 Å². The van der Waals surface area contributed by atoms with Gasteiger partial charge in [0.15, 0.2) is 0 Å². The molecule has 4 nitrogen and oxygen atoms in total. The standard InChI is InChI=1S/C10H20N2O2/c1-5-6-11-9(14)8(2)12-10(3,4)7-13/h5,8,12-13H,1,6-7H2,2-4H3,(H,11,14). The molecule has 0 bridgehead atoms. The lowest BCUT2D eigenvalue weighted by Gasteiger charge is -2.27. The molecule has 1 amide bonds. The molecule has 0 fully saturated rings. The van der Waals surface area contributed by atoms with Crippen molar-refractivity contribution in [2.24, 2.45) is 0 Å². The molecular weight excluding hydrogens is 180 g/mol. The highest BCUT2D eigenvalue weighted by molar-refractivity contribution is 5.81. The van der Waals surface area contributed by atoms with Crippen molar-refractivity contribution in [3.05, 3.63) is 12.7 Å². The summed E-state index contributed by atoms with van der Waals surface area (Å²) in [5.41, 5.74) is -0.440. The Morgan fingerprint density at radius 1 is 1.64 bits per heavy atom. The highest BCUT2D eigenvalue weighted by atomic mass is 16.3. The van der Waals surface area contributed by atoms with Crippen LogP contribution in [0.4, 0.5) is 0 Å². The second kappa shape index (κ2) is 5.78. The number of rotatable bonds is 6. The molecule has 14 heavy (non-hydrogen) atoms. The number of nitrogens with one attached hydrogen (secondary N) is 2. The van der Waals surface area contributed by atoms with Gasteiger partial charge in [-0.15, -0.1) is 6.58 Å². The summed E-state index contributed by atoms with van der Waals surface area (Å²) in [6, 6.07) is -0.322. The largest absolute Gasteiger partial charge is 0.394 e. The van der Waals surface area contributed by atoms with Crippen LogP contribution in [0.5, 0.6) is 0 Å². The fourth-order valence-corrected chi connectivity index (χ4v) is 1.02. The van der Waals surface area contributed by atoms with Gasteiger partial charge in [-0.05, 0) is 20.8 Å². The Morgan fingerprint density at radius 3 is 2.64 bits per heavy atom. The molecule has 0 aromatic heterocycles. The summed E-state index contributed by atoms with van der Waals surface area (Å²) < 4.78 is 0. The average Bonchev–Trinajstić information content (AvgIpc) is 2.13. The quantitative estimate of drug-likeness (QED) is 0.530. The SMILES string of the molecule is C=CCNC(=O)C(C)NC(C)(C)CO. The summed E-state index contributed by atoms with van der Waals surface area (Å²) in [6.07, 6.45) is 1.63. The molecule has 0 saturated heterocycles. The number of carbonyl (C=O) groups excluding carboxylic acids is 1. The van der Waals surface area contributed by atoms with E-state index in [2.05, 4.69) is 17.2 Å². The van der Waals surface area contributed by atoms with E-state index < -0.39 is 5.54 Å². The fraction of sp³-hybridized carbons (Fsp3) is 0.700. The summed E-state index contributed by atoms with van der Waals surface area (Å²) in [5.74, 6) is -0.0913. The smallest absolute Gasteiger partial charge is 0.237 e. The minimum absolute atomic E-state index is 0.00786. The van der Waals surface area contributed by atoms with E-state index in [1.54, 1.807) is 13.0 Å². The zero-order valence-electron chi connectivity index (χ0n) is 9.13. The lowest BCUT2D eigenvalue weighted by Crippen LogP contribution is -2.53. The van der Waals surface area contributed by atoms with E-state index in [0.717, 1.165) is 0 Å². The van der Waals surface area contributed by atoms with Gasteiger partial charge in [0.1, 0.15) is 0 Å². The first-order valence-electron chi connectivity index (χ1n) is 4.70. The Kier molecular flexibility index (Phi) is 5.42. The Labute approximate surface area is 85.4 Å². The third kappa shape index (κ3) is 4.99. The van der Waals surface area contributed by atoms with Crippen LogP contribution in [0, 0.1) is 0 Å². The molecule has 0 rings (SSSR count). The third-order valence-corrected chi connectivity index (χ3v) is 1.82. The van der Waals surface area contributed by atoms with Gasteiger partial charge < -0.3 is 10.4 Å². The van der Waals surface area contributed by atoms with E-state index >= 15 is 0 Å². The van der Waals surface area contributed by atoms with Gasteiger partial charge in [0.2, 0.25) is 5.91 Å². The Balaban J connectivity index is 4.00. The molecule has 0 spiro atoms. The van der Waals surface area contributed by atoms with Crippen LogP contribution in [0.25, 0.3) is 0 Å². The molecule has 1 atom stereocenters. The van der Waals surface area contributed by atoms with Crippen molar-refractivity contribution in [1.29, 1.82) is 0 Å². The maximum Gasteiger partial charge on any atom is 0.237 e. The van der Waals surface area contributed by atoms with Gasteiger partial charge in [0, 0.05) is 12.1 Å². The molecular formula is C10H20N2O2. The summed E-state index contributed by atoms with van der Waals surface area (Å²) in [5, 5.41) is 14.7. The van der Waals surface area contributed by atoms with Gasteiger partial charge in [-0.3, -0.25) is 10.1 Å². The van der Waals surface area contributed by atoms with Crippen molar-refractivity contribution < 1.29 is 9.90 Å². The van der Waals surface area contributed by atoms with Crippen molar-refractivity contribution in [2.45, 2.75) is 32.4 Å². The molecule has 0 aromatic carbocycles. The van der Waals surface area contributed by atoms with Gasteiger partial charge in [0.05, 0.1) is 12.6 Å². The molecule has 0 saturated carbocycles. The second-order valence-electron chi connectivity index (χ2n) is 3.94. The van der Waals surface area contributed by atoms with Crippen molar-refractivity contribution >= 4 is 5.91 Å². The van der Waals surface area contributed by atoms with Crippen LogP contribution in [-0.2, 0) is 4.79 Å². The third-order valence-electron chi connectivity index (χ3n) is 1.82. The predicted octanol–water partition coefficient (Wildman–Crippen LogP) is 0.0376. The molecule has 1 unspecified atom stereocenters. The van der Waals surface area contributed by atoms with E-state index in [0.29, 0.717) is 6.54 Å².